The average Bonchev–Trinajstić information content (AvgIpc) is 2.67. The molecule has 0 radical (unpaired) electrons. The Morgan fingerprint density at radius 3 is 1.74 bits per heavy atom. The third kappa shape index (κ3) is 23.8. The van der Waals surface area contributed by atoms with Gasteiger partial charge in [-0.15, -0.1) is 0 Å². The van der Waals surface area contributed by atoms with Gasteiger partial charge in [-0.25, -0.2) is 9.59 Å². The predicted octanol–water partition coefficient (Wildman–Crippen LogP) is 4.51. The first kappa shape index (κ1) is 35.4. The molecule has 0 aromatic carbocycles. The molecule has 0 aliphatic rings. The number of Topliss-reactive ketones (excluding diaryl/α,β-unsaturated/α-hetero) is 1. The van der Waals surface area contributed by atoms with Crippen LogP contribution in [0.2, 0.25) is 51.4 Å². The van der Waals surface area contributed by atoms with E-state index >= 15 is 0 Å². The van der Waals surface area contributed by atoms with Crippen molar-refractivity contribution in [2.24, 2.45) is 11.1 Å². The summed E-state index contributed by atoms with van der Waals surface area (Å²) in [4.78, 5) is 46.4. The van der Waals surface area contributed by atoms with Gasteiger partial charge in [-0.3, -0.25) is 9.59 Å². The summed E-state index contributed by atoms with van der Waals surface area (Å²) in [5.41, 5.74) is 4.84. The standard InChI is InChI=1S/C19H40N2O5Si2.C5H10O2/c1-27(2,3)14-12-25-18(23)17(10-9-16(22)8-7-11-20)21-19(24)26-13-15-28(4,5)6;1-5(2,3)4(6)7/h17H,7-15,20H2,1-6H3,(H,21,24);1-3H3,(H,6,7)/t17-;/m0./s1. The van der Waals surface area contributed by atoms with E-state index in [1.807, 2.05) is 0 Å². The molecule has 0 unspecified atom stereocenters. The molecule has 9 nitrogen and oxygen atoms in total. The van der Waals surface area contributed by atoms with Crippen LogP contribution in [0.25, 0.3) is 0 Å². The van der Waals surface area contributed by atoms with Gasteiger partial charge < -0.3 is 25.6 Å². The minimum atomic E-state index is -1.33. The van der Waals surface area contributed by atoms with Crippen LogP contribution >= 0.6 is 0 Å². The molecule has 1 amide bonds. The normalized spacial score (nSPS) is 12.6. The molecule has 0 fully saturated rings. The van der Waals surface area contributed by atoms with Crippen LogP contribution in [0.1, 0.15) is 46.5 Å². The average molecular weight is 535 g/mol. The zero-order valence-corrected chi connectivity index (χ0v) is 25.4. The number of hydrogen-bond acceptors (Lipinski definition) is 7. The van der Waals surface area contributed by atoms with Gasteiger partial charge in [-0.2, -0.15) is 0 Å². The second-order valence-corrected chi connectivity index (χ2v) is 23.4. The number of aliphatic carboxylic acids is 1. The quantitative estimate of drug-likeness (QED) is 0.218. The van der Waals surface area contributed by atoms with Crippen molar-refractivity contribution < 1.29 is 33.8 Å². The first-order valence-electron chi connectivity index (χ1n) is 12.3. The fourth-order valence-electron chi connectivity index (χ4n) is 2.17. The third-order valence-corrected chi connectivity index (χ3v) is 8.18. The van der Waals surface area contributed by atoms with E-state index in [0.29, 0.717) is 32.6 Å². The monoisotopic (exact) mass is 534 g/mol. The number of nitrogens with two attached hydrogens (primary N) is 1. The van der Waals surface area contributed by atoms with Crippen molar-refractivity contribution in [3.05, 3.63) is 0 Å². The zero-order valence-electron chi connectivity index (χ0n) is 23.4. The maximum atomic E-state index is 12.4. The van der Waals surface area contributed by atoms with E-state index in [2.05, 4.69) is 44.6 Å². The Bertz CT molecular complexity index is 666. The van der Waals surface area contributed by atoms with E-state index in [1.54, 1.807) is 20.8 Å². The lowest BCUT2D eigenvalue weighted by molar-refractivity contribution is -0.146. The van der Waals surface area contributed by atoms with Crippen LogP contribution in [0.5, 0.6) is 0 Å². The summed E-state index contributed by atoms with van der Waals surface area (Å²) < 4.78 is 10.6. The second kappa shape index (κ2) is 16.9. The maximum absolute atomic E-state index is 12.4. The molecule has 35 heavy (non-hydrogen) atoms. The fourth-order valence-corrected chi connectivity index (χ4v) is 3.60. The summed E-state index contributed by atoms with van der Waals surface area (Å²) in [6.45, 7) is 19.3. The second-order valence-electron chi connectivity index (χ2n) is 12.1. The molecule has 0 aliphatic carbocycles. The minimum Gasteiger partial charge on any atom is -0.481 e. The topological polar surface area (TPSA) is 145 Å². The Kier molecular flexibility index (Phi) is 17.1. The van der Waals surface area contributed by atoms with Crippen LogP contribution in [-0.2, 0) is 23.9 Å². The number of rotatable bonds is 14. The number of carboxylic acid groups (broad SMARTS) is 1. The van der Waals surface area contributed by atoms with Gasteiger partial charge >= 0.3 is 18.0 Å². The lowest BCUT2D eigenvalue weighted by atomic mass is 9.98. The summed E-state index contributed by atoms with van der Waals surface area (Å²) in [6.07, 6.45) is 0.770. The predicted molar refractivity (Wildman–Crippen MR) is 145 cm³/mol. The number of esters is 1. The number of carbonyl (C=O) groups excluding carboxylic acids is 3. The number of alkyl carbamates (subject to hydrolysis) is 1. The molecule has 0 saturated heterocycles. The van der Waals surface area contributed by atoms with Gasteiger partial charge in [0.15, 0.2) is 0 Å². The van der Waals surface area contributed by atoms with Gasteiger partial charge in [0, 0.05) is 29.0 Å². The minimum absolute atomic E-state index is 0.0271. The lowest BCUT2D eigenvalue weighted by Gasteiger charge is -2.20. The smallest absolute Gasteiger partial charge is 0.407 e. The Balaban J connectivity index is 0. The maximum Gasteiger partial charge on any atom is 0.407 e. The van der Waals surface area contributed by atoms with Crippen molar-refractivity contribution >= 4 is 40.0 Å². The number of nitrogens with one attached hydrogen (secondary N) is 1. The molecule has 0 spiro atoms. The number of amides is 1. The van der Waals surface area contributed by atoms with Gasteiger partial charge in [0.1, 0.15) is 11.8 Å². The summed E-state index contributed by atoms with van der Waals surface area (Å²) >= 11 is 0. The van der Waals surface area contributed by atoms with E-state index in [0.717, 1.165) is 12.1 Å². The highest BCUT2D eigenvalue weighted by Gasteiger charge is 2.25. The van der Waals surface area contributed by atoms with Crippen LogP contribution in [-0.4, -0.2) is 70.9 Å². The molecule has 0 aromatic heterocycles. The van der Waals surface area contributed by atoms with E-state index < -0.39 is 45.6 Å². The Morgan fingerprint density at radius 1 is 0.886 bits per heavy atom. The summed E-state index contributed by atoms with van der Waals surface area (Å²) in [5.74, 6) is -1.24. The zero-order chi connectivity index (χ0) is 27.9. The van der Waals surface area contributed by atoms with Crippen LogP contribution in [0.3, 0.4) is 0 Å². The number of ketones is 1. The Hall–Kier alpha value is -1.73. The summed E-state index contributed by atoms with van der Waals surface area (Å²) in [7, 11) is -2.64. The highest BCUT2D eigenvalue weighted by Crippen LogP contribution is 2.12. The molecule has 11 heteroatoms. The molecule has 0 rings (SSSR count). The number of carboxylic acids is 1. The van der Waals surface area contributed by atoms with Crippen molar-refractivity contribution in [3.8, 4) is 0 Å². The van der Waals surface area contributed by atoms with E-state index in [4.69, 9.17) is 20.3 Å². The molecule has 0 heterocycles. The fraction of sp³-hybridized carbons (Fsp3) is 0.833. The van der Waals surface area contributed by atoms with Crippen molar-refractivity contribution in [2.75, 3.05) is 19.8 Å². The molecular weight excluding hydrogens is 484 g/mol. The molecule has 206 valence electrons. The molecule has 0 bridgehead atoms. The third-order valence-electron chi connectivity index (χ3n) is 4.77. The lowest BCUT2D eigenvalue weighted by Crippen LogP contribution is -2.43. The highest BCUT2D eigenvalue weighted by atomic mass is 28.3. The SMILES string of the molecule is CC(C)(C)C(=O)O.C[Si](C)(C)CCOC(=O)N[C@@H](CCC(=O)CCCN)C(=O)OCC[Si](C)(C)C. The van der Waals surface area contributed by atoms with Crippen molar-refractivity contribution in [1.82, 2.24) is 5.32 Å². The molecular formula is C24H50N2O7Si2. The van der Waals surface area contributed by atoms with Gasteiger partial charge in [0.25, 0.3) is 0 Å². The van der Waals surface area contributed by atoms with Gasteiger partial charge in [-0.05, 0) is 52.2 Å². The molecule has 0 aromatic rings. The van der Waals surface area contributed by atoms with Gasteiger partial charge in [-0.1, -0.05) is 39.3 Å². The van der Waals surface area contributed by atoms with Gasteiger partial charge in [0.05, 0.1) is 18.6 Å². The largest absolute Gasteiger partial charge is 0.481 e. The van der Waals surface area contributed by atoms with Crippen LogP contribution in [0.15, 0.2) is 0 Å². The molecule has 0 aliphatic heterocycles. The van der Waals surface area contributed by atoms with E-state index in [9.17, 15) is 19.2 Å². The Morgan fingerprint density at radius 2 is 1.34 bits per heavy atom. The molecule has 0 saturated carbocycles. The summed E-state index contributed by atoms with van der Waals surface area (Å²) in [5, 5.41) is 10.8. The van der Waals surface area contributed by atoms with E-state index in [1.165, 1.54) is 0 Å². The van der Waals surface area contributed by atoms with Crippen molar-refractivity contribution in [2.45, 2.75) is 104 Å². The van der Waals surface area contributed by atoms with Crippen molar-refractivity contribution in [3.63, 3.8) is 0 Å². The van der Waals surface area contributed by atoms with Crippen molar-refractivity contribution in [1.29, 1.82) is 0 Å². The number of carbonyl (C=O) groups is 4. The molecule has 1 atom stereocenters. The number of hydrogen-bond donors (Lipinski definition) is 3. The summed E-state index contributed by atoms with van der Waals surface area (Å²) in [6, 6.07) is 0.827. The molecule has 4 N–H and O–H groups in total. The number of ether oxygens (including phenoxy) is 2. The van der Waals surface area contributed by atoms with E-state index in [-0.39, 0.29) is 18.6 Å². The van der Waals surface area contributed by atoms with Crippen LogP contribution in [0, 0.1) is 5.41 Å². The first-order valence-corrected chi connectivity index (χ1v) is 19.7. The van der Waals surface area contributed by atoms with Gasteiger partial charge in [0.2, 0.25) is 0 Å². The van der Waals surface area contributed by atoms with Crippen LogP contribution < -0.4 is 11.1 Å². The first-order chi connectivity index (χ1) is 15.8. The van der Waals surface area contributed by atoms with Crippen LogP contribution in [0.4, 0.5) is 4.79 Å². The highest BCUT2D eigenvalue weighted by molar-refractivity contribution is 6.76. The Labute approximate surface area is 213 Å².